The van der Waals surface area contributed by atoms with Crippen molar-refractivity contribution < 1.29 is 23.9 Å². The third kappa shape index (κ3) is 4.07. The smallest absolute Gasteiger partial charge is 0.261 e. The van der Waals surface area contributed by atoms with Gasteiger partial charge in [0.2, 0.25) is 5.91 Å². The number of carbonyl (C=O) groups excluding carboxylic acids is 3. The maximum Gasteiger partial charge on any atom is 0.261 e. The van der Waals surface area contributed by atoms with Gasteiger partial charge < -0.3 is 14.8 Å². The minimum atomic E-state index is -0.317. The SMILES string of the molecule is CC(C)C(=O)Nc1ccc(Oc2ccc3c(c2)C(=O)N(CC2CCCO2)C3=O)cc1. The van der Waals surface area contributed by atoms with E-state index >= 15 is 0 Å². The highest BCUT2D eigenvalue weighted by molar-refractivity contribution is 6.21. The Balaban J connectivity index is 1.45. The van der Waals surface area contributed by atoms with Crippen LogP contribution in [0.15, 0.2) is 42.5 Å². The predicted molar refractivity (Wildman–Crippen MR) is 111 cm³/mol. The highest BCUT2D eigenvalue weighted by Crippen LogP contribution is 2.30. The Morgan fingerprint density at radius 3 is 2.47 bits per heavy atom. The van der Waals surface area contributed by atoms with Gasteiger partial charge in [-0.1, -0.05) is 13.8 Å². The first kappa shape index (κ1) is 20.1. The van der Waals surface area contributed by atoms with E-state index in [-0.39, 0.29) is 36.3 Å². The fraction of sp³-hybridized carbons (Fsp3) is 0.348. The number of ether oxygens (including phenoxy) is 2. The molecule has 1 N–H and O–H groups in total. The molecule has 3 amide bonds. The molecule has 0 radical (unpaired) electrons. The Morgan fingerprint density at radius 2 is 1.80 bits per heavy atom. The maximum atomic E-state index is 12.8. The first-order chi connectivity index (χ1) is 14.4. The van der Waals surface area contributed by atoms with Gasteiger partial charge in [0.25, 0.3) is 11.8 Å². The minimum Gasteiger partial charge on any atom is -0.457 e. The van der Waals surface area contributed by atoms with Crippen molar-refractivity contribution in [2.75, 3.05) is 18.5 Å². The fourth-order valence-electron chi connectivity index (χ4n) is 3.52. The van der Waals surface area contributed by atoms with E-state index in [1.54, 1.807) is 42.5 Å². The standard InChI is InChI=1S/C23H24N2O5/c1-14(2)21(26)24-15-5-7-16(8-6-15)30-17-9-10-19-20(12-17)23(28)25(22(19)27)13-18-4-3-11-29-18/h5-10,12,14,18H,3-4,11,13H2,1-2H3,(H,24,26). The molecule has 0 aromatic heterocycles. The third-order valence-electron chi connectivity index (χ3n) is 5.23. The quantitative estimate of drug-likeness (QED) is 0.734. The summed E-state index contributed by atoms with van der Waals surface area (Å²) < 4.78 is 11.4. The first-order valence-electron chi connectivity index (χ1n) is 10.1. The van der Waals surface area contributed by atoms with E-state index in [9.17, 15) is 14.4 Å². The Bertz CT molecular complexity index is 978. The molecule has 0 saturated carbocycles. The number of carbonyl (C=O) groups is 3. The van der Waals surface area contributed by atoms with E-state index in [4.69, 9.17) is 9.47 Å². The molecule has 0 aliphatic carbocycles. The molecule has 1 fully saturated rings. The van der Waals surface area contributed by atoms with Crippen LogP contribution in [0.2, 0.25) is 0 Å². The summed E-state index contributed by atoms with van der Waals surface area (Å²) in [6, 6.07) is 11.9. The lowest BCUT2D eigenvalue weighted by atomic mass is 10.1. The van der Waals surface area contributed by atoms with Crippen molar-refractivity contribution in [3.05, 3.63) is 53.6 Å². The summed E-state index contributed by atoms with van der Waals surface area (Å²) in [5, 5.41) is 2.82. The normalized spacial score (nSPS) is 18.1. The number of nitrogens with one attached hydrogen (secondary N) is 1. The van der Waals surface area contributed by atoms with E-state index in [1.165, 1.54) is 4.90 Å². The summed E-state index contributed by atoms with van der Waals surface area (Å²) in [6.45, 7) is 4.61. The molecule has 4 rings (SSSR count). The second kappa shape index (κ2) is 8.28. The van der Waals surface area contributed by atoms with Gasteiger partial charge in [0.1, 0.15) is 11.5 Å². The molecule has 2 aromatic rings. The molecule has 2 aliphatic rings. The van der Waals surface area contributed by atoms with Crippen LogP contribution in [0.4, 0.5) is 5.69 Å². The van der Waals surface area contributed by atoms with Crippen LogP contribution in [-0.2, 0) is 9.53 Å². The summed E-state index contributed by atoms with van der Waals surface area (Å²) >= 11 is 0. The van der Waals surface area contributed by atoms with Crippen LogP contribution in [-0.4, -0.2) is 41.9 Å². The number of rotatable bonds is 6. The molecule has 1 atom stereocenters. The number of anilines is 1. The number of fused-ring (bicyclic) bond motifs is 1. The van der Waals surface area contributed by atoms with Gasteiger partial charge in [-0.3, -0.25) is 19.3 Å². The Hall–Kier alpha value is -3.19. The van der Waals surface area contributed by atoms with Crippen molar-refractivity contribution in [2.45, 2.75) is 32.8 Å². The topological polar surface area (TPSA) is 84.9 Å². The minimum absolute atomic E-state index is 0.0574. The highest BCUT2D eigenvalue weighted by Gasteiger charge is 2.37. The zero-order valence-electron chi connectivity index (χ0n) is 17.0. The zero-order chi connectivity index (χ0) is 21.3. The first-order valence-corrected chi connectivity index (χ1v) is 10.1. The molecule has 2 aliphatic heterocycles. The molecule has 7 heteroatoms. The number of nitrogens with zero attached hydrogens (tertiary/aromatic N) is 1. The molecule has 156 valence electrons. The summed E-state index contributed by atoms with van der Waals surface area (Å²) in [5.41, 5.74) is 1.41. The maximum absolute atomic E-state index is 12.8. The summed E-state index contributed by atoms with van der Waals surface area (Å²) in [4.78, 5) is 38.4. The Labute approximate surface area is 175 Å². The van der Waals surface area contributed by atoms with Crippen LogP contribution in [0, 0.1) is 5.92 Å². The number of hydrogen-bond acceptors (Lipinski definition) is 5. The monoisotopic (exact) mass is 408 g/mol. The molecule has 0 bridgehead atoms. The molecular weight excluding hydrogens is 384 g/mol. The molecule has 1 saturated heterocycles. The summed E-state index contributed by atoms with van der Waals surface area (Å²) in [7, 11) is 0. The van der Waals surface area contributed by atoms with Gasteiger partial charge in [-0.25, -0.2) is 0 Å². The van der Waals surface area contributed by atoms with Crippen molar-refractivity contribution in [2.24, 2.45) is 5.92 Å². The van der Waals surface area contributed by atoms with Gasteiger partial charge in [-0.2, -0.15) is 0 Å². The number of benzene rings is 2. The summed E-state index contributed by atoms with van der Waals surface area (Å²) in [5.74, 6) is 0.258. The zero-order valence-corrected chi connectivity index (χ0v) is 17.0. The molecule has 2 aromatic carbocycles. The van der Waals surface area contributed by atoms with E-state index in [2.05, 4.69) is 5.32 Å². The molecule has 0 spiro atoms. The van der Waals surface area contributed by atoms with Crippen LogP contribution in [0.3, 0.4) is 0 Å². The Morgan fingerprint density at radius 1 is 1.10 bits per heavy atom. The molecule has 30 heavy (non-hydrogen) atoms. The number of amides is 3. The predicted octanol–water partition coefficient (Wildman–Crippen LogP) is 3.85. The van der Waals surface area contributed by atoms with Crippen molar-refractivity contribution in [1.29, 1.82) is 0 Å². The molecule has 2 heterocycles. The van der Waals surface area contributed by atoms with E-state index in [0.717, 1.165) is 12.8 Å². The average Bonchev–Trinajstić information content (AvgIpc) is 3.32. The van der Waals surface area contributed by atoms with Crippen LogP contribution >= 0.6 is 0 Å². The fourth-order valence-corrected chi connectivity index (χ4v) is 3.52. The van der Waals surface area contributed by atoms with Gasteiger partial charge in [0.05, 0.1) is 23.8 Å². The van der Waals surface area contributed by atoms with Crippen LogP contribution in [0.1, 0.15) is 47.4 Å². The average molecular weight is 408 g/mol. The highest BCUT2D eigenvalue weighted by atomic mass is 16.5. The van der Waals surface area contributed by atoms with Crippen molar-refractivity contribution >= 4 is 23.4 Å². The van der Waals surface area contributed by atoms with Gasteiger partial charge >= 0.3 is 0 Å². The van der Waals surface area contributed by atoms with Gasteiger partial charge in [-0.05, 0) is 55.3 Å². The van der Waals surface area contributed by atoms with Crippen molar-refractivity contribution in [1.82, 2.24) is 4.90 Å². The lowest BCUT2D eigenvalue weighted by Gasteiger charge is -2.17. The molecular formula is C23H24N2O5. The van der Waals surface area contributed by atoms with Gasteiger partial charge in [0.15, 0.2) is 0 Å². The van der Waals surface area contributed by atoms with Gasteiger partial charge in [0, 0.05) is 18.2 Å². The largest absolute Gasteiger partial charge is 0.457 e. The summed E-state index contributed by atoms with van der Waals surface area (Å²) in [6.07, 6.45) is 1.72. The van der Waals surface area contributed by atoms with Crippen molar-refractivity contribution in [3.63, 3.8) is 0 Å². The second-order valence-corrected chi connectivity index (χ2v) is 7.83. The number of imide groups is 1. The number of hydrogen-bond donors (Lipinski definition) is 1. The molecule has 7 nitrogen and oxygen atoms in total. The lowest BCUT2D eigenvalue weighted by molar-refractivity contribution is -0.118. The second-order valence-electron chi connectivity index (χ2n) is 7.83. The van der Waals surface area contributed by atoms with E-state index in [1.807, 2.05) is 13.8 Å². The van der Waals surface area contributed by atoms with Crippen LogP contribution in [0.5, 0.6) is 11.5 Å². The molecule has 1 unspecified atom stereocenters. The van der Waals surface area contributed by atoms with E-state index < -0.39 is 0 Å². The van der Waals surface area contributed by atoms with Crippen LogP contribution in [0.25, 0.3) is 0 Å². The van der Waals surface area contributed by atoms with E-state index in [0.29, 0.717) is 34.9 Å². The van der Waals surface area contributed by atoms with Crippen LogP contribution < -0.4 is 10.1 Å². The Kier molecular flexibility index (Phi) is 5.55. The van der Waals surface area contributed by atoms with Gasteiger partial charge in [-0.15, -0.1) is 0 Å². The van der Waals surface area contributed by atoms with Crippen molar-refractivity contribution in [3.8, 4) is 11.5 Å². The third-order valence-corrected chi connectivity index (χ3v) is 5.23. The lowest BCUT2D eigenvalue weighted by Crippen LogP contribution is -2.36.